The topological polar surface area (TPSA) is 0 Å². The van der Waals surface area contributed by atoms with Crippen LogP contribution in [0.3, 0.4) is 0 Å². The summed E-state index contributed by atoms with van der Waals surface area (Å²) >= 11 is 0. The highest BCUT2D eigenvalue weighted by Gasteiger charge is 2.36. The van der Waals surface area contributed by atoms with Gasteiger partial charge in [-0.1, -0.05) is 109 Å². The Kier molecular flexibility index (Phi) is 5.50. The molecule has 4 aromatic carbocycles. The Balaban J connectivity index is 1.97. The van der Waals surface area contributed by atoms with Crippen molar-refractivity contribution >= 4 is 29.7 Å². The first kappa shape index (κ1) is 19.0. The van der Waals surface area contributed by atoms with Gasteiger partial charge in [-0.3, -0.25) is 0 Å². The van der Waals surface area contributed by atoms with Crippen molar-refractivity contribution in [3.63, 3.8) is 0 Å². The molecule has 0 bridgehead atoms. The highest BCUT2D eigenvalue weighted by molar-refractivity contribution is 7.15. The van der Waals surface area contributed by atoms with Crippen LogP contribution >= 0.6 is 0 Å². The Morgan fingerprint density at radius 3 is 1.38 bits per heavy atom. The summed E-state index contributed by atoms with van der Waals surface area (Å²) in [6.45, 7) is 0. The number of hydrogen-bond acceptors (Lipinski definition) is 0. The molecule has 0 radical (unpaired) electrons. The van der Waals surface area contributed by atoms with Crippen LogP contribution in [0.25, 0.3) is 6.08 Å². The van der Waals surface area contributed by atoms with E-state index in [0.29, 0.717) is 5.56 Å². The first-order valence-corrected chi connectivity index (χ1v) is 11.6. The first-order chi connectivity index (χ1) is 14.2. The van der Waals surface area contributed by atoms with E-state index in [0.717, 1.165) is 0 Å². The zero-order valence-corrected chi connectivity index (χ0v) is 16.8. The maximum absolute atomic E-state index is 13.8. The summed E-state index contributed by atoms with van der Waals surface area (Å²) in [6, 6.07) is 35.3. The van der Waals surface area contributed by atoms with Gasteiger partial charge in [0, 0.05) is 0 Å². The second kappa shape index (κ2) is 8.37. The van der Waals surface area contributed by atoms with E-state index >= 15 is 0 Å². The quantitative estimate of drug-likeness (QED) is 0.338. The van der Waals surface area contributed by atoms with Crippen LogP contribution in [0.1, 0.15) is 5.56 Å². The zero-order chi connectivity index (χ0) is 20.1. The molecule has 0 saturated carbocycles. The van der Waals surface area contributed by atoms with Gasteiger partial charge in [0.1, 0.15) is 0 Å². The summed E-state index contributed by atoms with van der Waals surface area (Å²) in [5, 5.41) is 3.70. The Bertz CT molecular complexity index is 1010. The van der Waals surface area contributed by atoms with E-state index < -0.39 is 19.7 Å². The molecule has 0 heterocycles. The fourth-order valence-electron chi connectivity index (χ4n) is 3.73. The van der Waals surface area contributed by atoms with E-state index in [2.05, 4.69) is 42.1 Å². The van der Waals surface area contributed by atoms with Gasteiger partial charge < -0.3 is 0 Å². The average molecular weight is 399 g/mol. The second-order valence-electron chi connectivity index (χ2n) is 6.91. The van der Waals surface area contributed by atoms with Crippen molar-refractivity contribution in [2.75, 3.05) is 0 Å². The van der Waals surface area contributed by atoms with E-state index in [9.17, 15) is 8.78 Å². The molecule has 0 aliphatic carbocycles. The smallest absolute Gasteiger partial charge is 0.172 e. The van der Waals surface area contributed by atoms with Crippen LogP contribution in [0.2, 0.25) is 0 Å². The van der Waals surface area contributed by atoms with Crippen molar-refractivity contribution in [1.29, 1.82) is 0 Å². The highest BCUT2D eigenvalue weighted by Crippen LogP contribution is 2.14. The molecule has 0 spiro atoms. The minimum Gasteiger partial charge on any atom is -0.204 e. The van der Waals surface area contributed by atoms with Crippen LogP contribution in [0.5, 0.6) is 0 Å². The lowest BCUT2D eigenvalue weighted by Gasteiger charge is -2.30. The van der Waals surface area contributed by atoms with E-state index in [-0.39, 0.29) is 0 Å². The van der Waals surface area contributed by atoms with E-state index in [1.54, 1.807) is 6.07 Å². The maximum atomic E-state index is 13.8. The average Bonchev–Trinajstić information content (AvgIpc) is 2.79. The Morgan fingerprint density at radius 2 is 0.966 bits per heavy atom. The Hall–Kier alpha value is -3.30. The monoisotopic (exact) mass is 398 g/mol. The fourth-order valence-corrected chi connectivity index (χ4v) is 7.90. The summed E-state index contributed by atoms with van der Waals surface area (Å²) < 4.78 is 27.1. The van der Waals surface area contributed by atoms with Crippen molar-refractivity contribution in [1.82, 2.24) is 0 Å². The third-order valence-electron chi connectivity index (χ3n) is 5.16. The summed E-state index contributed by atoms with van der Waals surface area (Å²) in [4.78, 5) is 0. The maximum Gasteiger partial charge on any atom is 0.172 e. The third kappa shape index (κ3) is 3.82. The van der Waals surface area contributed by atoms with Crippen LogP contribution in [0, 0.1) is 11.6 Å². The number of rotatable bonds is 5. The summed E-state index contributed by atoms with van der Waals surface area (Å²) in [5.74, 6) is -1.67. The lowest BCUT2D eigenvalue weighted by atomic mass is 10.2. The molecule has 3 heteroatoms. The molecule has 0 saturated heterocycles. The normalized spacial score (nSPS) is 11.7. The number of halogens is 2. The standard InChI is InChI=1S/C26H20F2Si/c27-25-17-16-21(20-26(25)28)18-19-29(22-10-4-1-5-11-22,23-12-6-2-7-13-23)24-14-8-3-9-15-24/h1-20H/b19-18+. The molecule has 0 nitrogen and oxygen atoms in total. The van der Waals surface area contributed by atoms with Crippen molar-refractivity contribution in [2.24, 2.45) is 0 Å². The fraction of sp³-hybridized carbons (Fsp3) is 0. The molecule has 0 aliphatic rings. The summed E-state index contributed by atoms with van der Waals surface area (Å²) in [7, 11) is -2.53. The van der Waals surface area contributed by atoms with Gasteiger partial charge in [-0.05, 0) is 33.3 Å². The molecule has 0 amide bonds. The predicted molar refractivity (Wildman–Crippen MR) is 119 cm³/mol. The van der Waals surface area contributed by atoms with Crippen LogP contribution in [0.4, 0.5) is 8.78 Å². The molecule has 0 fully saturated rings. The van der Waals surface area contributed by atoms with Gasteiger partial charge in [-0.15, -0.1) is 0 Å². The van der Waals surface area contributed by atoms with E-state index in [1.807, 2.05) is 60.7 Å². The molecule has 4 aromatic rings. The lowest BCUT2D eigenvalue weighted by molar-refractivity contribution is 0.508. The zero-order valence-electron chi connectivity index (χ0n) is 15.8. The molecular formula is C26H20F2Si. The van der Waals surface area contributed by atoms with Crippen LogP contribution < -0.4 is 15.6 Å². The largest absolute Gasteiger partial charge is 0.204 e. The molecule has 4 rings (SSSR count). The molecular weight excluding hydrogens is 378 g/mol. The van der Waals surface area contributed by atoms with Gasteiger partial charge in [-0.25, -0.2) is 8.78 Å². The first-order valence-electron chi connectivity index (χ1n) is 9.51. The predicted octanol–water partition coefficient (Wildman–Crippen LogP) is 4.69. The molecule has 0 aliphatic heterocycles. The van der Waals surface area contributed by atoms with E-state index in [4.69, 9.17) is 0 Å². The Morgan fingerprint density at radius 1 is 0.517 bits per heavy atom. The second-order valence-corrected chi connectivity index (χ2v) is 10.6. The number of benzene rings is 4. The van der Waals surface area contributed by atoms with Gasteiger partial charge >= 0.3 is 0 Å². The van der Waals surface area contributed by atoms with Crippen LogP contribution in [-0.4, -0.2) is 8.07 Å². The number of hydrogen-bond donors (Lipinski definition) is 0. The molecule has 142 valence electrons. The van der Waals surface area contributed by atoms with Gasteiger partial charge in [0.2, 0.25) is 0 Å². The molecule has 0 atom stereocenters. The van der Waals surface area contributed by atoms with Crippen LogP contribution in [-0.2, 0) is 0 Å². The molecule has 29 heavy (non-hydrogen) atoms. The van der Waals surface area contributed by atoms with Crippen molar-refractivity contribution < 1.29 is 8.78 Å². The minimum atomic E-state index is -2.53. The summed E-state index contributed by atoms with van der Waals surface area (Å²) in [6.07, 6.45) is 1.92. The highest BCUT2D eigenvalue weighted by atomic mass is 28.3. The van der Waals surface area contributed by atoms with Crippen molar-refractivity contribution in [3.8, 4) is 0 Å². The minimum absolute atomic E-state index is 0.642. The van der Waals surface area contributed by atoms with Gasteiger partial charge in [0.05, 0.1) is 0 Å². The Labute approximate surface area is 170 Å². The van der Waals surface area contributed by atoms with Crippen LogP contribution in [0.15, 0.2) is 115 Å². The molecule has 0 unspecified atom stereocenters. The van der Waals surface area contributed by atoms with Gasteiger partial charge in [-0.2, -0.15) is 0 Å². The van der Waals surface area contributed by atoms with Crippen molar-refractivity contribution in [3.05, 3.63) is 132 Å². The van der Waals surface area contributed by atoms with Gasteiger partial charge in [0.15, 0.2) is 19.7 Å². The SMILES string of the molecule is Fc1ccc(/C=C/[Si](c2ccccc2)(c2ccccc2)c2ccccc2)cc1F. The molecule has 0 N–H and O–H groups in total. The van der Waals surface area contributed by atoms with Crippen molar-refractivity contribution in [2.45, 2.75) is 0 Å². The van der Waals surface area contributed by atoms with Gasteiger partial charge in [0.25, 0.3) is 0 Å². The lowest BCUT2D eigenvalue weighted by Crippen LogP contribution is -2.66. The molecule has 0 aromatic heterocycles. The van der Waals surface area contributed by atoms with E-state index in [1.165, 1.54) is 27.7 Å². The third-order valence-corrected chi connectivity index (χ3v) is 9.56. The summed E-state index contributed by atoms with van der Waals surface area (Å²) in [5.41, 5.74) is 2.85.